The number of carbonyl (C=O) groups is 2. The Bertz CT molecular complexity index is 993. The first kappa shape index (κ1) is 59.1. The van der Waals surface area contributed by atoms with Crippen molar-refractivity contribution < 1.29 is 24.5 Å². The van der Waals surface area contributed by atoms with E-state index in [1.165, 1.54) is 186 Å². The van der Waals surface area contributed by atoms with Crippen molar-refractivity contribution in [1.29, 1.82) is 0 Å². The molecule has 0 aromatic rings. The van der Waals surface area contributed by atoms with E-state index in [4.69, 9.17) is 4.74 Å². The molecule has 0 rings (SSSR count). The molecule has 0 saturated carbocycles. The van der Waals surface area contributed by atoms with Crippen molar-refractivity contribution in [2.45, 2.75) is 289 Å². The summed E-state index contributed by atoms with van der Waals surface area (Å²) >= 11 is 0. The third-order valence-corrected chi connectivity index (χ3v) is 12.2. The minimum atomic E-state index is -0.700. The van der Waals surface area contributed by atoms with Gasteiger partial charge in [-0.25, -0.2) is 0 Å². The number of rotatable bonds is 49. The Kier molecular flexibility index (Phi) is 49.1. The van der Waals surface area contributed by atoms with E-state index < -0.39 is 12.1 Å². The van der Waals surface area contributed by atoms with Crippen molar-refractivity contribution in [2.75, 3.05) is 13.2 Å². The molecule has 358 valence electrons. The van der Waals surface area contributed by atoms with Crippen molar-refractivity contribution in [3.8, 4) is 0 Å². The van der Waals surface area contributed by atoms with Crippen molar-refractivity contribution in [2.24, 2.45) is 0 Å². The standard InChI is InChI=1S/C55H103NO5/c1-3-5-7-9-11-13-15-17-18-19-20-21-24-27-31-35-39-43-47-53(58)52(51-57)56-54(59)48-44-40-36-32-28-25-22-26-30-34-38-42-46-50-61-55(60)49-45-41-37-33-29-23-16-14-12-10-8-6-4-2/h14,16,25,28,36,40,52-53,57-58H,3-13,15,17-24,26-27,29-35,37-39,41-51H2,1-2H3,(H,56,59)/b16-14-,28-25-,40-36-. The predicted octanol–water partition coefficient (Wildman–Crippen LogP) is 16.1. The number of hydrogen-bond donors (Lipinski definition) is 3. The maximum atomic E-state index is 12.4. The smallest absolute Gasteiger partial charge is 0.305 e. The molecule has 0 fully saturated rings. The lowest BCUT2D eigenvalue weighted by Crippen LogP contribution is -2.45. The monoisotopic (exact) mass is 858 g/mol. The Morgan fingerprint density at radius 3 is 1.31 bits per heavy atom. The Morgan fingerprint density at radius 2 is 0.836 bits per heavy atom. The molecule has 0 saturated heterocycles. The summed E-state index contributed by atoms with van der Waals surface area (Å²) in [6.07, 6.45) is 61.3. The van der Waals surface area contributed by atoms with Gasteiger partial charge in [0, 0.05) is 12.8 Å². The van der Waals surface area contributed by atoms with E-state index in [1.807, 2.05) is 6.08 Å². The van der Waals surface area contributed by atoms with Crippen molar-refractivity contribution in [3.63, 3.8) is 0 Å². The van der Waals surface area contributed by atoms with Crippen molar-refractivity contribution in [1.82, 2.24) is 5.32 Å². The molecular formula is C55H103NO5. The van der Waals surface area contributed by atoms with Gasteiger partial charge in [-0.3, -0.25) is 9.59 Å². The maximum Gasteiger partial charge on any atom is 0.305 e. The molecule has 2 unspecified atom stereocenters. The van der Waals surface area contributed by atoms with Gasteiger partial charge in [0.15, 0.2) is 0 Å². The summed E-state index contributed by atoms with van der Waals surface area (Å²) in [5.41, 5.74) is 0. The highest BCUT2D eigenvalue weighted by Crippen LogP contribution is 2.16. The SMILES string of the molecule is CCCCCC/C=C\CCCCCCCC(=O)OCCCCCCCC/C=C\C/C=C\CCC(=O)NC(CO)C(O)CCCCCCCCCCCCCCCCCCCC. The second kappa shape index (κ2) is 50.7. The summed E-state index contributed by atoms with van der Waals surface area (Å²) in [5, 5.41) is 23.2. The van der Waals surface area contributed by atoms with Gasteiger partial charge in [-0.1, -0.05) is 230 Å². The van der Waals surface area contributed by atoms with Crippen LogP contribution in [0, 0.1) is 0 Å². The van der Waals surface area contributed by atoms with E-state index in [9.17, 15) is 19.8 Å². The molecule has 0 heterocycles. The number of carbonyl (C=O) groups excluding carboxylic acids is 2. The van der Waals surface area contributed by atoms with Crippen LogP contribution in [0.1, 0.15) is 277 Å². The van der Waals surface area contributed by atoms with Crippen LogP contribution >= 0.6 is 0 Å². The van der Waals surface area contributed by atoms with E-state index in [0.29, 0.717) is 32.3 Å². The van der Waals surface area contributed by atoms with Gasteiger partial charge < -0.3 is 20.3 Å². The number of allylic oxidation sites excluding steroid dienone is 6. The Balaban J connectivity index is 3.56. The molecule has 0 radical (unpaired) electrons. The lowest BCUT2D eigenvalue weighted by atomic mass is 10.0. The molecule has 61 heavy (non-hydrogen) atoms. The molecular weight excluding hydrogens is 755 g/mol. The first-order valence-corrected chi connectivity index (χ1v) is 26.7. The van der Waals surface area contributed by atoms with Crippen LogP contribution in [0.25, 0.3) is 0 Å². The van der Waals surface area contributed by atoms with Crippen LogP contribution in [0.5, 0.6) is 0 Å². The van der Waals surface area contributed by atoms with E-state index in [0.717, 1.165) is 51.4 Å². The molecule has 0 aromatic carbocycles. The van der Waals surface area contributed by atoms with E-state index in [2.05, 4.69) is 49.5 Å². The van der Waals surface area contributed by atoms with Crippen LogP contribution in [0.4, 0.5) is 0 Å². The number of amides is 1. The third-order valence-electron chi connectivity index (χ3n) is 12.2. The highest BCUT2D eigenvalue weighted by atomic mass is 16.5. The lowest BCUT2D eigenvalue weighted by molar-refractivity contribution is -0.143. The molecule has 0 aromatic heterocycles. The minimum absolute atomic E-state index is 0.0264. The van der Waals surface area contributed by atoms with Gasteiger partial charge in [0.25, 0.3) is 0 Å². The number of nitrogens with one attached hydrogen (secondary N) is 1. The molecule has 0 aliphatic heterocycles. The van der Waals surface area contributed by atoms with Crippen LogP contribution < -0.4 is 5.32 Å². The molecule has 6 nitrogen and oxygen atoms in total. The fourth-order valence-corrected chi connectivity index (χ4v) is 8.04. The van der Waals surface area contributed by atoms with Crippen LogP contribution in [0.2, 0.25) is 0 Å². The second-order valence-corrected chi connectivity index (χ2v) is 18.2. The van der Waals surface area contributed by atoms with E-state index in [1.54, 1.807) is 0 Å². The van der Waals surface area contributed by atoms with Gasteiger partial charge in [-0.15, -0.1) is 0 Å². The summed E-state index contributed by atoms with van der Waals surface area (Å²) < 4.78 is 5.44. The quantitative estimate of drug-likeness (QED) is 0.0322. The maximum absolute atomic E-state index is 12.4. The number of unbranched alkanes of at least 4 members (excludes halogenated alkanes) is 32. The number of esters is 1. The number of aliphatic hydroxyl groups is 2. The number of ether oxygens (including phenoxy) is 1. The molecule has 0 bridgehead atoms. The van der Waals surface area contributed by atoms with Gasteiger partial charge in [-0.05, 0) is 70.6 Å². The zero-order valence-corrected chi connectivity index (χ0v) is 40.6. The van der Waals surface area contributed by atoms with Crippen molar-refractivity contribution >= 4 is 11.9 Å². The van der Waals surface area contributed by atoms with Crippen LogP contribution in [-0.2, 0) is 14.3 Å². The number of hydrogen-bond acceptors (Lipinski definition) is 5. The topological polar surface area (TPSA) is 95.9 Å². The Hall–Kier alpha value is -1.92. The van der Waals surface area contributed by atoms with Crippen molar-refractivity contribution in [3.05, 3.63) is 36.5 Å². The van der Waals surface area contributed by atoms with Gasteiger partial charge in [0.05, 0.1) is 25.4 Å². The molecule has 2 atom stereocenters. The molecule has 6 heteroatoms. The van der Waals surface area contributed by atoms with Gasteiger partial charge in [0.2, 0.25) is 5.91 Å². The molecule has 3 N–H and O–H groups in total. The fourth-order valence-electron chi connectivity index (χ4n) is 8.04. The van der Waals surface area contributed by atoms with Gasteiger partial charge in [-0.2, -0.15) is 0 Å². The normalized spacial score (nSPS) is 12.9. The summed E-state index contributed by atoms with van der Waals surface area (Å²) in [7, 11) is 0. The van der Waals surface area contributed by atoms with Crippen LogP contribution in [0.3, 0.4) is 0 Å². The first-order valence-electron chi connectivity index (χ1n) is 26.7. The average Bonchev–Trinajstić information content (AvgIpc) is 3.26. The molecule has 0 spiro atoms. The van der Waals surface area contributed by atoms with Gasteiger partial charge >= 0.3 is 5.97 Å². The predicted molar refractivity (Wildman–Crippen MR) is 264 cm³/mol. The largest absolute Gasteiger partial charge is 0.466 e. The summed E-state index contributed by atoms with van der Waals surface area (Å²) in [4.78, 5) is 24.4. The number of aliphatic hydroxyl groups excluding tert-OH is 2. The molecule has 0 aliphatic carbocycles. The van der Waals surface area contributed by atoms with Crippen LogP contribution in [-0.4, -0.2) is 47.4 Å². The minimum Gasteiger partial charge on any atom is -0.466 e. The highest BCUT2D eigenvalue weighted by molar-refractivity contribution is 5.76. The Morgan fingerprint density at radius 1 is 0.459 bits per heavy atom. The van der Waals surface area contributed by atoms with E-state index >= 15 is 0 Å². The van der Waals surface area contributed by atoms with Crippen LogP contribution in [0.15, 0.2) is 36.5 Å². The summed E-state index contributed by atoms with van der Waals surface area (Å²) in [6.45, 7) is 4.87. The highest BCUT2D eigenvalue weighted by Gasteiger charge is 2.19. The lowest BCUT2D eigenvalue weighted by Gasteiger charge is -2.22. The first-order chi connectivity index (χ1) is 30.0. The Labute approximate surface area is 379 Å². The second-order valence-electron chi connectivity index (χ2n) is 18.2. The zero-order valence-electron chi connectivity index (χ0n) is 40.6. The molecule has 0 aliphatic rings. The third kappa shape index (κ3) is 47.4. The summed E-state index contributed by atoms with van der Waals surface area (Å²) in [6, 6.07) is -0.586. The fraction of sp³-hybridized carbons (Fsp3) is 0.855. The zero-order chi connectivity index (χ0) is 44.4. The van der Waals surface area contributed by atoms with E-state index in [-0.39, 0.29) is 18.5 Å². The van der Waals surface area contributed by atoms with Gasteiger partial charge in [0.1, 0.15) is 0 Å². The molecule has 1 amide bonds. The summed E-state index contributed by atoms with van der Waals surface area (Å²) in [5.74, 6) is -0.141. The average molecular weight is 858 g/mol.